The average molecular weight is 297 g/mol. The summed E-state index contributed by atoms with van der Waals surface area (Å²) in [6.07, 6.45) is 0. The molecule has 12 heavy (non-hydrogen) atoms. The smallest absolute Gasteiger partial charge is 0.179 e. The molecule has 0 saturated heterocycles. The maximum atomic E-state index is 13.0. The van der Waals surface area contributed by atoms with E-state index < -0.39 is 5.82 Å². The minimum absolute atomic E-state index is 0.0176. The number of halogens is 3. The molecule has 0 aliphatic rings. The summed E-state index contributed by atoms with van der Waals surface area (Å²) in [6.45, 7) is 0. The molecule has 1 rings (SSSR count). The molecule has 2 N–H and O–H groups in total. The molecule has 0 bridgehead atoms. The Morgan fingerprint density at radius 2 is 2.25 bits per heavy atom. The van der Waals surface area contributed by atoms with Gasteiger partial charge in [0.1, 0.15) is 11.6 Å². The van der Waals surface area contributed by atoms with Crippen molar-refractivity contribution in [1.82, 2.24) is 4.98 Å². The van der Waals surface area contributed by atoms with Crippen LogP contribution in [0.1, 0.15) is 5.56 Å². The predicted molar refractivity (Wildman–Crippen MR) is 51.0 cm³/mol. The Balaban J connectivity index is 3.54. The van der Waals surface area contributed by atoms with Crippen molar-refractivity contribution >= 4 is 40.0 Å². The lowest BCUT2D eigenvalue weighted by molar-refractivity contribution is 0.619. The highest BCUT2D eigenvalue weighted by Crippen LogP contribution is 2.24. The topological polar surface area (TPSA) is 62.7 Å². The normalized spacial score (nSPS) is 9.50. The molecule has 0 aromatic carbocycles. The van der Waals surface area contributed by atoms with Gasteiger partial charge >= 0.3 is 0 Å². The Kier molecular flexibility index (Phi) is 2.69. The van der Waals surface area contributed by atoms with Gasteiger partial charge in [0.15, 0.2) is 16.8 Å². The van der Waals surface area contributed by atoms with E-state index in [1.54, 1.807) is 28.7 Å². The fraction of sp³-hybridized carbons (Fsp3) is 0. The van der Waals surface area contributed by atoms with Gasteiger partial charge in [-0.1, -0.05) is 11.6 Å². The molecule has 1 aromatic heterocycles. The first kappa shape index (κ1) is 9.48. The van der Waals surface area contributed by atoms with Crippen LogP contribution < -0.4 is 5.73 Å². The molecule has 0 unspecified atom stereocenters. The number of anilines is 1. The molecule has 0 saturated carbocycles. The van der Waals surface area contributed by atoms with Gasteiger partial charge in [0.2, 0.25) is 0 Å². The average Bonchev–Trinajstić information content (AvgIpc) is 2.01. The zero-order valence-electron chi connectivity index (χ0n) is 5.61. The van der Waals surface area contributed by atoms with E-state index in [-0.39, 0.29) is 20.1 Å². The highest BCUT2D eigenvalue weighted by molar-refractivity contribution is 14.1. The van der Waals surface area contributed by atoms with E-state index in [0.29, 0.717) is 0 Å². The first-order valence-corrected chi connectivity index (χ1v) is 4.23. The van der Waals surface area contributed by atoms with Gasteiger partial charge in [0.25, 0.3) is 0 Å². The van der Waals surface area contributed by atoms with Crippen LogP contribution >= 0.6 is 34.2 Å². The number of hydrogen-bond donors (Lipinski definition) is 1. The van der Waals surface area contributed by atoms with E-state index in [2.05, 4.69) is 4.98 Å². The Labute approximate surface area is 86.5 Å². The molecular formula is C6H2ClFIN3. The molecule has 0 atom stereocenters. The Morgan fingerprint density at radius 3 is 2.75 bits per heavy atom. The number of nitriles is 1. The second-order valence-electron chi connectivity index (χ2n) is 1.90. The van der Waals surface area contributed by atoms with Crippen molar-refractivity contribution in [2.75, 3.05) is 5.73 Å². The van der Waals surface area contributed by atoms with E-state index >= 15 is 0 Å². The van der Waals surface area contributed by atoms with Crippen LogP contribution in [0.4, 0.5) is 10.2 Å². The van der Waals surface area contributed by atoms with Crippen molar-refractivity contribution in [2.45, 2.75) is 0 Å². The monoisotopic (exact) mass is 297 g/mol. The highest BCUT2D eigenvalue weighted by atomic mass is 127. The Morgan fingerprint density at radius 1 is 1.67 bits per heavy atom. The fourth-order valence-electron chi connectivity index (χ4n) is 0.619. The molecule has 0 radical (unpaired) electrons. The molecule has 0 spiro atoms. The number of rotatable bonds is 0. The molecule has 3 nitrogen and oxygen atoms in total. The van der Waals surface area contributed by atoms with E-state index in [0.717, 1.165) is 0 Å². The second kappa shape index (κ2) is 3.41. The van der Waals surface area contributed by atoms with E-state index in [4.69, 9.17) is 22.6 Å². The van der Waals surface area contributed by atoms with E-state index in [1.165, 1.54) is 0 Å². The summed E-state index contributed by atoms with van der Waals surface area (Å²) >= 11 is 7.18. The molecule has 0 aliphatic carbocycles. The maximum absolute atomic E-state index is 13.0. The first-order valence-electron chi connectivity index (χ1n) is 2.78. The van der Waals surface area contributed by atoms with Gasteiger partial charge in [0, 0.05) is 0 Å². The summed E-state index contributed by atoms with van der Waals surface area (Å²) in [5.41, 5.74) is 5.18. The summed E-state index contributed by atoms with van der Waals surface area (Å²) in [5.74, 6) is -0.986. The Bertz CT molecular complexity index is 374. The van der Waals surface area contributed by atoms with Crippen molar-refractivity contribution in [2.24, 2.45) is 0 Å². The third-order valence-corrected chi connectivity index (χ3v) is 2.46. The second-order valence-corrected chi connectivity index (χ2v) is 3.34. The van der Waals surface area contributed by atoms with Crippen LogP contribution in [0.25, 0.3) is 0 Å². The van der Waals surface area contributed by atoms with Crippen molar-refractivity contribution < 1.29 is 4.39 Å². The third kappa shape index (κ3) is 1.44. The molecule has 1 heterocycles. The molecule has 1 aromatic rings. The number of pyridine rings is 1. The summed E-state index contributed by atoms with van der Waals surface area (Å²) in [6, 6.07) is 1.73. The van der Waals surface area contributed by atoms with Crippen LogP contribution in [0.3, 0.4) is 0 Å². The fourth-order valence-corrected chi connectivity index (χ4v) is 1.66. The van der Waals surface area contributed by atoms with E-state index in [1.807, 2.05) is 0 Å². The van der Waals surface area contributed by atoms with Gasteiger partial charge < -0.3 is 5.73 Å². The molecule has 6 heteroatoms. The predicted octanol–water partition coefficient (Wildman–Crippen LogP) is 1.93. The largest absolute Gasteiger partial charge is 0.381 e. The van der Waals surface area contributed by atoms with Gasteiger partial charge in [-0.3, -0.25) is 0 Å². The Hall–Kier alpha value is -0.610. The van der Waals surface area contributed by atoms with Crippen LogP contribution in [0.2, 0.25) is 5.15 Å². The zero-order chi connectivity index (χ0) is 9.30. The lowest BCUT2D eigenvalue weighted by Crippen LogP contribution is -2.01. The molecule has 0 amide bonds. The van der Waals surface area contributed by atoms with E-state index in [9.17, 15) is 4.39 Å². The highest BCUT2D eigenvalue weighted by Gasteiger charge is 2.14. The number of nitrogen functional groups attached to an aromatic ring is 1. The summed E-state index contributed by atoms with van der Waals surface area (Å²) in [5, 5.41) is 8.46. The lowest BCUT2D eigenvalue weighted by Gasteiger charge is -2.01. The van der Waals surface area contributed by atoms with Crippen LogP contribution in [-0.2, 0) is 0 Å². The number of nitrogens with two attached hydrogens (primary N) is 1. The van der Waals surface area contributed by atoms with Crippen LogP contribution in [-0.4, -0.2) is 4.98 Å². The summed E-state index contributed by atoms with van der Waals surface area (Å²) in [4.78, 5) is 3.45. The first-order chi connectivity index (χ1) is 5.57. The van der Waals surface area contributed by atoms with Crippen LogP contribution in [0.15, 0.2) is 0 Å². The standard InChI is InChI=1S/C6H2ClFIN3/c7-5-2(1-10)4(9)3(8)6(11)12-5/h(H2,11,12). The van der Waals surface area contributed by atoms with Crippen molar-refractivity contribution in [3.63, 3.8) is 0 Å². The van der Waals surface area contributed by atoms with Gasteiger partial charge in [-0.05, 0) is 22.6 Å². The van der Waals surface area contributed by atoms with Crippen LogP contribution in [0, 0.1) is 20.7 Å². The van der Waals surface area contributed by atoms with Crippen molar-refractivity contribution in [3.8, 4) is 6.07 Å². The van der Waals surface area contributed by atoms with Gasteiger partial charge in [-0.15, -0.1) is 0 Å². The van der Waals surface area contributed by atoms with Crippen molar-refractivity contribution in [3.05, 3.63) is 20.1 Å². The van der Waals surface area contributed by atoms with Crippen molar-refractivity contribution in [1.29, 1.82) is 5.26 Å². The molecule has 0 fully saturated rings. The van der Waals surface area contributed by atoms with Gasteiger partial charge in [-0.25, -0.2) is 9.37 Å². The molecular weight excluding hydrogens is 295 g/mol. The zero-order valence-corrected chi connectivity index (χ0v) is 8.52. The summed E-state index contributed by atoms with van der Waals surface area (Å²) in [7, 11) is 0. The van der Waals surface area contributed by atoms with Gasteiger partial charge in [0.05, 0.1) is 3.57 Å². The van der Waals surface area contributed by atoms with Gasteiger partial charge in [-0.2, -0.15) is 5.26 Å². The quantitative estimate of drug-likeness (QED) is 0.588. The summed E-state index contributed by atoms with van der Waals surface area (Å²) < 4.78 is 13.1. The SMILES string of the molecule is N#Cc1c(Cl)nc(N)c(F)c1I. The number of aromatic nitrogens is 1. The number of hydrogen-bond acceptors (Lipinski definition) is 3. The minimum atomic E-state index is -0.698. The number of nitrogens with zero attached hydrogens (tertiary/aromatic N) is 2. The molecule has 62 valence electrons. The minimum Gasteiger partial charge on any atom is -0.381 e. The lowest BCUT2D eigenvalue weighted by atomic mass is 10.3. The van der Waals surface area contributed by atoms with Crippen LogP contribution in [0.5, 0.6) is 0 Å². The maximum Gasteiger partial charge on any atom is 0.179 e. The third-order valence-electron chi connectivity index (χ3n) is 1.17. The molecule has 0 aliphatic heterocycles.